The van der Waals surface area contributed by atoms with Crippen LogP contribution in [0.3, 0.4) is 0 Å². The van der Waals surface area contributed by atoms with Gasteiger partial charge in [-0.05, 0) is 37.5 Å². The van der Waals surface area contributed by atoms with Gasteiger partial charge in [0.15, 0.2) is 0 Å². The Morgan fingerprint density at radius 2 is 1.93 bits per heavy atom. The van der Waals surface area contributed by atoms with E-state index in [4.69, 9.17) is 14.6 Å². The van der Waals surface area contributed by atoms with Crippen molar-refractivity contribution in [3.8, 4) is 11.5 Å². The summed E-state index contributed by atoms with van der Waals surface area (Å²) in [5.74, 6) is -0.0260. The first-order chi connectivity index (χ1) is 13.3. The number of ether oxygens (including phenoxy) is 2. The highest BCUT2D eigenvalue weighted by atomic mass is 16.5. The number of nitrogens with zero attached hydrogens (tertiary/aromatic N) is 2. The summed E-state index contributed by atoms with van der Waals surface area (Å²) in [7, 11) is 3.13. The van der Waals surface area contributed by atoms with Gasteiger partial charge in [0.1, 0.15) is 18.0 Å². The lowest BCUT2D eigenvalue weighted by molar-refractivity contribution is -0.145. The van der Waals surface area contributed by atoms with E-state index in [1.807, 2.05) is 0 Å². The van der Waals surface area contributed by atoms with Crippen LogP contribution < -0.4 is 9.47 Å². The van der Waals surface area contributed by atoms with Gasteiger partial charge >= 0.3 is 5.97 Å². The van der Waals surface area contributed by atoms with Crippen LogP contribution in [0, 0.1) is 0 Å². The molecule has 2 amide bonds. The van der Waals surface area contributed by atoms with Crippen molar-refractivity contribution in [1.82, 2.24) is 9.80 Å². The maximum Gasteiger partial charge on any atom is 0.323 e. The SMILES string of the molecule is COc1ccc(OC)c(CC(=O)N2CCCC(N(CC(=O)O)C(C)=O)CC2)c1. The monoisotopic (exact) mass is 392 g/mol. The van der Waals surface area contributed by atoms with Crippen LogP contribution in [-0.2, 0) is 20.8 Å². The molecule has 1 fully saturated rings. The van der Waals surface area contributed by atoms with Crippen molar-refractivity contribution >= 4 is 17.8 Å². The van der Waals surface area contributed by atoms with Crippen molar-refractivity contribution < 1.29 is 29.0 Å². The van der Waals surface area contributed by atoms with Crippen molar-refractivity contribution in [3.05, 3.63) is 23.8 Å². The number of carbonyl (C=O) groups excluding carboxylic acids is 2. The Balaban J connectivity index is 2.04. The number of likely N-dealkylation sites (tertiary alicyclic amines) is 1. The Hall–Kier alpha value is -2.77. The molecule has 1 N–H and O–H groups in total. The van der Waals surface area contributed by atoms with Gasteiger partial charge in [0, 0.05) is 31.6 Å². The molecule has 0 saturated carbocycles. The van der Waals surface area contributed by atoms with E-state index in [1.54, 1.807) is 37.3 Å². The molecule has 0 aromatic heterocycles. The minimum atomic E-state index is -1.03. The van der Waals surface area contributed by atoms with E-state index in [2.05, 4.69) is 0 Å². The van der Waals surface area contributed by atoms with Crippen molar-refractivity contribution in [2.75, 3.05) is 33.9 Å². The minimum Gasteiger partial charge on any atom is -0.497 e. The molecule has 2 rings (SSSR count). The molecule has 154 valence electrons. The summed E-state index contributed by atoms with van der Waals surface area (Å²) in [6, 6.07) is 5.18. The van der Waals surface area contributed by atoms with E-state index >= 15 is 0 Å². The number of hydrogen-bond acceptors (Lipinski definition) is 5. The summed E-state index contributed by atoms with van der Waals surface area (Å²) >= 11 is 0. The number of carboxylic acid groups (broad SMARTS) is 1. The fraction of sp³-hybridized carbons (Fsp3) is 0.550. The van der Waals surface area contributed by atoms with Gasteiger partial charge in [-0.25, -0.2) is 0 Å². The highest BCUT2D eigenvalue weighted by Crippen LogP contribution is 2.25. The summed E-state index contributed by atoms with van der Waals surface area (Å²) in [6.07, 6.45) is 2.15. The molecule has 1 heterocycles. The fourth-order valence-electron chi connectivity index (χ4n) is 3.58. The number of amides is 2. The number of rotatable bonds is 7. The molecule has 8 heteroatoms. The average Bonchev–Trinajstić information content (AvgIpc) is 2.91. The van der Waals surface area contributed by atoms with Crippen LogP contribution in [-0.4, -0.2) is 72.6 Å². The lowest BCUT2D eigenvalue weighted by Crippen LogP contribution is -2.43. The maximum absolute atomic E-state index is 12.8. The van der Waals surface area contributed by atoms with Gasteiger partial charge in [-0.3, -0.25) is 14.4 Å². The van der Waals surface area contributed by atoms with Crippen molar-refractivity contribution in [2.45, 2.75) is 38.6 Å². The second-order valence-electron chi connectivity index (χ2n) is 6.86. The van der Waals surface area contributed by atoms with E-state index < -0.39 is 5.97 Å². The predicted octanol–water partition coefficient (Wildman–Crippen LogP) is 1.56. The molecule has 1 aliphatic heterocycles. The van der Waals surface area contributed by atoms with Crippen LogP contribution in [0.25, 0.3) is 0 Å². The van der Waals surface area contributed by atoms with Crippen molar-refractivity contribution in [2.24, 2.45) is 0 Å². The Morgan fingerprint density at radius 1 is 1.18 bits per heavy atom. The smallest absolute Gasteiger partial charge is 0.323 e. The first kappa shape index (κ1) is 21.5. The number of methoxy groups -OCH3 is 2. The highest BCUT2D eigenvalue weighted by molar-refractivity contribution is 5.80. The lowest BCUT2D eigenvalue weighted by Gasteiger charge is -2.29. The van der Waals surface area contributed by atoms with Gasteiger partial charge < -0.3 is 24.4 Å². The first-order valence-electron chi connectivity index (χ1n) is 9.33. The molecule has 1 aromatic rings. The molecule has 0 aliphatic carbocycles. The molecule has 0 spiro atoms. The molecule has 1 saturated heterocycles. The largest absolute Gasteiger partial charge is 0.497 e. The van der Waals surface area contributed by atoms with E-state index in [-0.39, 0.29) is 30.8 Å². The van der Waals surface area contributed by atoms with E-state index in [1.165, 1.54) is 11.8 Å². The molecule has 8 nitrogen and oxygen atoms in total. The van der Waals surface area contributed by atoms with Crippen LogP contribution in [0.5, 0.6) is 11.5 Å². The van der Waals surface area contributed by atoms with Gasteiger partial charge in [-0.15, -0.1) is 0 Å². The van der Waals surface area contributed by atoms with Crippen LogP contribution in [0.15, 0.2) is 18.2 Å². The zero-order chi connectivity index (χ0) is 20.7. The molecule has 1 atom stereocenters. The van der Waals surface area contributed by atoms with E-state index in [0.717, 1.165) is 12.0 Å². The van der Waals surface area contributed by atoms with Crippen LogP contribution in [0.4, 0.5) is 0 Å². The second-order valence-corrected chi connectivity index (χ2v) is 6.86. The zero-order valence-electron chi connectivity index (χ0n) is 16.6. The van der Waals surface area contributed by atoms with Crippen LogP contribution in [0.2, 0.25) is 0 Å². The van der Waals surface area contributed by atoms with Gasteiger partial charge in [-0.1, -0.05) is 0 Å². The van der Waals surface area contributed by atoms with Crippen LogP contribution in [0.1, 0.15) is 31.7 Å². The van der Waals surface area contributed by atoms with E-state index in [9.17, 15) is 14.4 Å². The first-order valence-corrected chi connectivity index (χ1v) is 9.33. The van der Waals surface area contributed by atoms with Crippen LogP contribution >= 0.6 is 0 Å². The Morgan fingerprint density at radius 3 is 2.54 bits per heavy atom. The van der Waals surface area contributed by atoms with Crippen molar-refractivity contribution in [3.63, 3.8) is 0 Å². The average molecular weight is 392 g/mol. The summed E-state index contributed by atoms with van der Waals surface area (Å²) in [5.41, 5.74) is 0.754. The summed E-state index contributed by atoms with van der Waals surface area (Å²) < 4.78 is 10.6. The number of carbonyl (C=O) groups is 3. The maximum atomic E-state index is 12.8. The number of carboxylic acids is 1. The topological polar surface area (TPSA) is 96.4 Å². The molecular formula is C20H28N2O6. The highest BCUT2D eigenvalue weighted by Gasteiger charge is 2.27. The quantitative estimate of drug-likeness (QED) is 0.757. The summed E-state index contributed by atoms with van der Waals surface area (Å²) in [4.78, 5) is 38.9. The molecule has 28 heavy (non-hydrogen) atoms. The molecule has 0 radical (unpaired) electrons. The molecular weight excluding hydrogens is 364 g/mol. The lowest BCUT2D eigenvalue weighted by atomic mass is 10.1. The molecule has 0 bridgehead atoms. The van der Waals surface area contributed by atoms with Gasteiger partial charge in [0.25, 0.3) is 0 Å². The van der Waals surface area contributed by atoms with Crippen molar-refractivity contribution in [1.29, 1.82) is 0 Å². The number of aliphatic carboxylic acids is 1. The molecule has 1 aromatic carbocycles. The van der Waals surface area contributed by atoms with Gasteiger partial charge in [-0.2, -0.15) is 0 Å². The molecule has 1 unspecified atom stereocenters. The minimum absolute atomic E-state index is 0.0280. The fourth-order valence-corrected chi connectivity index (χ4v) is 3.58. The predicted molar refractivity (Wildman–Crippen MR) is 102 cm³/mol. The third-order valence-corrected chi connectivity index (χ3v) is 5.03. The number of benzene rings is 1. The number of hydrogen-bond donors (Lipinski definition) is 1. The normalized spacial score (nSPS) is 16.8. The van der Waals surface area contributed by atoms with Gasteiger partial charge in [0.05, 0.1) is 20.6 Å². The summed E-state index contributed by atoms with van der Waals surface area (Å²) in [6.45, 7) is 2.14. The summed E-state index contributed by atoms with van der Waals surface area (Å²) in [5, 5.41) is 9.05. The Labute approximate surface area is 165 Å². The molecule has 1 aliphatic rings. The van der Waals surface area contributed by atoms with E-state index in [0.29, 0.717) is 37.4 Å². The Bertz CT molecular complexity index is 721. The zero-order valence-corrected chi connectivity index (χ0v) is 16.6. The Kier molecular flexibility index (Phi) is 7.66. The van der Waals surface area contributed by atoms with Gasteiger partial charge in [0.2, 0.25) is 11.8 Å². The standard InChI is InChI=1S/C20H28N2O6/c1-14(23)22(13-20(25)26)16-5-4-9-21(10-8-16)19(24)12-15-11-17(27-2)6-7-18(15)28-3/h6-7,11,16H,4-5,8-10,12-13H2,1-3H3,(H,25,26). The second kappa shape index (κ2) is 9.96. The third kappa shape index (κ3) is 5.61. The third-order valence-electron chi connectivity index (χ3n) is 5.03.